The number of ketones is 1. The number of hydrogen-bond acceptors (Lipinski definition) is 7. The second kappa shape index (κ2) is 11.7. The van der Waals surface area contributed by atoms with E-state index in [1.807, 2.05) is 25.1 Å². The van der Waals surface area contributed by atoms with Gasteiger partial charge in [0.05, 0.1) is 17.8 Å². The third-order valence-electron chi connectivity index (χ3n) is 7.73. The Balaban J connectivity index is 1.57. The minimum absolute atomic E-state index is 0.0579. The molecule has 36 heavy (non-hydrogen) atoms. The summed E-state index contributed by atoms with van der Waals surface area (Å²) in [5.74, 6) is 0.932. The van der Waals surface area contributed by atoms with Crippen LogP contribution in [0.4, 0.5) is 11.6 Å². The van der Waals surface area contributed by atoms with Crippen molar-refractivity contribution >= 4 is 29.0 Å². The molecule has 1 aliphatic carbocycles. The van der Waals surface area contributed by atoms with E-state index in [-0.39, 0.29) is 29.2 Å². The fourth-order valence-corrected chi connectivity index (χ4v) is 5.45. The normalized spacial score (nSPS) is 18.2. The molecular formula is C28H38N6O2. The second-order valence-electron chi connectivity index (χ2n) is 9.97. The van der Waals surface area contributed by atoms with E-state index >= 15 is 0 Å². The van der Waals surface area contributed by atoms with Gasteiger partial charge in [-0.25, -0.2) is 9.97 Å². The summed E-state index contributed by atoms with van der Waals surface area (Å²) in [6.45, 7) is 4.58. The van der Waals surface area contributed by atoms with Crippen molar-refractivity contribution in [2.24, 2.45) is 5.92 Å². The maximum atomic E-state index is 13.8. The maximum absolute atomic E-state index is 13.8. The van der Waals surface area contributed by atoms with E-state index in [1.54, 1.807) is 26.4 Å². The lowest BCUT2D eigenvalue weighted by Gasteiger charge is -2.32. The van der Waals surface area contributed by atoms with Crippen molar-refractivity contribution in [3.8, 4) is 0 Å². The van der Waals surface area contributed by atoms with Gasteiger partial charge in [0.25, 0.3) is 0 Å². The third-order valence-corrected chi connectivity index (χ3v) is 7.73. The lowest BCUT2D eigenvalue weighted by atomic mass is 9.78. The van der Waals surface area contributed by atoms with Gasteiger partial charge in [-0.3, -0.25) is 9.59 Å². The van der Waals surface area contributed by atoms with E-state index in [9.17, 15) is 9.59 Å². The van der Waals surface area contributed by atoms with Gasteiger partial charge in [0, 0.05) is 24.9 Å². The van der Waals surface area contributed by atoms with Gasteiger partial charge in [-0.15, -0.1) is 0 Å². The second-order valence-corrected chi connectivity index (χ2v) is 9.97. The minimum Gasteiger partial charge on any atom is -0.344 e. The summed E-state index contributed by atoms with van der Waals surface area (Å²) in [7, 11) is 1.73. The zero-order valence-corrected chi connectivity index (χ0v) is 21.6. The number of anilines is 2. The van der Waals surface area contributed by atoms with Gasteiger partial charge in [0.15, 0.2) is 5.78 Å². The van der Waals surface area contributed by atoms with Gasteiger partial charge in [0.1, 0.15) is 11.6 Å². The van der Waals surface area contributed by atoms with E-state index in [1.165, 1.54) is 5.56 Å². The monoisotopic (exact) mass is 490 g/mol. The molecule has 2 aromatic rings. The van der Waals surface area contributed by atoms with Gasteiger partial charge in [0.2, 0.25) is 5.91 Å². The molecule has 0 spiro atoms. The van der Waals surface area contributed by atoms with E-state index in [0.29, 0.717) is 6.42 Å². The number of carbonyl (C=O) groups excluding carboxylic acids is 2. The molecule has 4 rings (SSSR count). The van der Waals surface area contributed by atoms with Crippen molar-refractivity contribution in [2.45, 2.75) is 76.8 Å². The summed E-state index contributed by atoms with van der Waals surface area (Å²) in [6, 6.07) is 6.85. The number of pyridine rings is 2. The van der Waals surface area contributed by atoms with Crippen LogP contribution in [0.3, 0.4) is 0 Å². The molecule has 2 aromatic heterocycles. The Morgan fingerprint density at radius 1 is 1.17 bits per heavy atom. The molecule has 3 atom stereocenters. The molecule has 0 bridgehead atoms. The molecule has 8 heteroatoms. The number of aromatic nitrogens is 2. The van der Waals surface area contributed by atoms with Crippen LogP contribution in [0.1, 0.15) is 69.4 Å². The van der Waals surface area contributed by atoms with Crippen LogP contribution in [0, 0.1) is 11.3 Å². The predicted molar refractivity (Wildman–Crippen MR) is 142 cm³/mol. The molecule has 1 saturated carbocycles. The Hall–Kier alpha value is -3.13. The number of nitrogens with zero attached hydrogens (tertiary/aromatic N) is 3. The van der Waals surface area contributed by atoms with Crippen molar-refractivity contribution < 1.29 is 9.59 Å². The van der Waals surface area contributed by atoms with Crippen LogP contribution < -0.4 is 15.5 Å². The summed E-state index contributed by atoms with van der Waals surface area (Å²) < 4.78 is 0. The first-order valence-corrected chi connectivity index (χ1v) is 13.2. The highest BCUT2D eigenvalue weighted by molar-refractivity contribution is 6.42. The van der Waals surface area contributed by atoms with Crippen LogP contribution in [-0.4, -0.2) is 53.0 Å². The molecule has 192 valence electrons. The smallest absolute Gasteiger partial charge is 0.237 e. The molecule has 1 aliphatic heterocycles. The summed E-state index contributed by atoms with van der Waals surface area (Å²) >= 11 is 0. The summed E-state index contributed by atoms with van der Waals surface area (Å²) in [4.78, 5) is 37.7. The summed E-state index contributed by atoms with van der Waals surface area (Å²) in [5.41, 5.74) is 2.15. The molecule has 0 radical (unpaired) electrons. The predicted octanol–water partition coefficient (Wildman–Crippen LogP) is 3.93. The number of likely N-dealkylation sites (N-methyl/N-ethyl adjacent to an activating group) is 1. The molecule has 0 saturated heterocycles. The van der Waals surface area contributed by atoms with Crippen LogP contribution in [0.15, 0.2) is 36.7 Å². The number of Topliss-reactive ketones (excluding diaryl/α,β-unsaturated/α-hetero) is 1. The fourth-order valence-electron chi connectivity index (χ4n) is 5.45. The SMILES string of the molecule is CC[C@H](C(=N)C(=O)[C@@H](NC(=O)[C@H](C)NC)C1CCCCC1)c1ccnc(N2CCc3cccnc32)c1. The lowest BCUT2D eigenvalue weighted by Crippen LogP contribution is -2.53. The fraction of sp³-hybridized carbons (Fsp3) is 0.536. The zero-order valence-electron chi connectivity index (χ0n) is 21.6. The molecule has 8 nitrogen and oxygen atoms in total. The lowest BCUT2D eigenvalue weighted by molar-refractivity contribution is -0.127. The van der Waals surface area contributed by atoms with Crippen molar-refractivity contribution in [3.05, 3.63) is 47.8 Å². The number of fused-ring (bicyclic) bond motifs is 1. The number of hydrogen-bond donors (Lipinski definition) is 3. The van der Waals surface area contributed by atoms with Crippen LogP contribution in [0.5, 0.6) is 0 Å². The Morgan fingerprint density at radius 3 is 2.67 bits per heavy atom. The van der Waals surface area contributed by atoms with E-state index in [4.69, 9.17) is 5.41 Å². The van der Waals surface area contributed by atoms with Crippen molar-refractivity contribution in [1.82, 2.24) is 20.6 Å². The van der Waals surface area contributed by atoms with Gasteiger partial charge in [-0.2, -0.15) is 0 Å². The average molecular weight is 491 g/mol. The topological polar surface area (TPSA) is 111 Å². The summed E-state index contributed by atoms with van der Waals surface area (Å²) in [5, 5.41) is 14.9. The van der Waals surface area contributed by atoms with Crippen LogP contribution in [0.2, 0.25) is 0 Å². The standard InChI is InChI=1S/C28H38N6O2/c1-4-22(21-12-15-31-23(17-21)34-16-13-20-11-8-14-32-27(20)34)24(29)26(35)25(19-9-6-5-7-10-19)33-28(36)18(2)30-3/h8,11-12,14-15,17-19,22,25,29-30H,4-7,9-10,13,16H2,1-3H3,(H,33,36)/t18-,22-,25-/m0/s1. The van der Waals surface area contributed by atoms with Crippen molar-refractivity contribution in [1.29, 1.82) is 5.41 Å². The van der Waals surface area contributed by atoms with Gasteiger partial charge >= 0.3 is 0 Å². The number of nitrogens with one attached hydrogen (secondary N) is 3. The highest BCUT2D eigenvalue weighted by atomic mass is 16.2. The van der Waals surface area contributed by atoms with Crippen LogP contribution in [-0.2, 0) is 16.0 Å². The van der Waals surface area contributed by atoms with Crippen molar-refractivity contribution in [2.75, 3.05) is 18.5 Å². The quantitative estimate of drug-likeness (QED) is 0.435. The maximum Gasteiger partial charge on any atom is 0.237 e. The van der Waals surface area contributed by atoms with Crippen molar-refractivity contribution in [3.63, 3.8) is 0 Å². The molecule has 0 unspecified atom stereocenters. The van der Waals surface area contributed by atoms with Crippen LogP contribution in [0.25, 0.3) is 0 Å². The van der Waals surface area contributed by atoms with E-state index in [2.05, 4.69) is 31.6 Å². The first-order chi connectivity index (χ1) is 17.4. The number of rotatable bonds is 10. The van der Waals surface area contributed by atoms with Crippen LogP contribution >= 0.6 is 0 Å². The molecule has 2 aliphatic rings. The highest BCUT2D eigenvalue weighted by Crippen LogP contribution is 2.34. The van der Waals surface area contributed by atoms with Gasteiger partial charge < -0.3 is 20.9 Å². The first-order valence-electron chi connectivity index (χ1n) is 13.2. The largest absolute Gasteiger partial charge is 0.344 e. The van der Waals surface area contributed by atoms with Gasteiger partial charge in [-0.1, -0.05) is 32.3 Å². The highest BCUT2D eigenvalue weighted by Gasteiger charge is 2.36. The average Bonchev–Trinajstić information content (AvgIpc) is 3.36. The Morgan fingerprint density at radius 2 is 1.94 bits per heavy atom. The summed E-state index contributed by atoms with van der Waals surface area (Å²) in [6.07, 6.45) is 10.1. The molecule has 0 aromatic carbocycles. The molecule has 3 heterocycles. The Kier molecular flexibility index (Phi) is 8.46. The number of carbonyl (C=O) groups is 2. The Bertz CT molecular complexity index is 1100. The first kappa shape index (κ1) is 25.9. The molecule has 1 amide bonds. The molecular weight excluding hydrogens is 452 g/mol. The zero-order chi connectivity index (χ0) is 25.7. The molecule has 1 fully saturated rings. The van der Waals surface area contributed by atoms with E-state index in [0.717, 1.165) is 62.3 Å². The third kappa shape index (κ3) is 5.48. The Labute approximate surface area is 213 Å². The van der Waals surface area contributed by atoms with E-state index < -0.39 is 12.1 Å². The number of amides is 1. The molecule has 3 N–H and O–H groups in total. The van der Waals surface area contributed by atoms with Gasteiger partial charge in [-0.05, 0) is 74.9 Å². The minimum atomic E-state index is -0.661.